The van der Waals surface area contributed by atoms with Crippen molar-refractivity contribution < 1.29 is 31.9 Å². The summed E-state index contributed by atoms with van der Waals surface area (Å²) in [6.45, 7) is 0.280. The van der Waals surface area contributed by atoms with E-state index in [0.717, 1.165) is 29.3 Å². The SMILES string of the molecule is NC(=O)Cc1cc(Cl)c2c(c1)CCN(C(=O)CNC(=O)/C=C/c1ccc(C(F)(F)F)cc1F)C2. The topological polar surface area (TPSA) is 92.5 Å². The maximum Gasteiger partial charge on any atom is 0.416 e. The Morgan fingerprint density at radius 1 is 1.18 bits per heavy atom. The van der Waals surface area contributed by atoms with Crippen molar-refractivity contribution in [3.63, 3.8) is 0 Å². The van der Waals surface area contributed by atoms with Gasteiger partial charge in [0.1, 0.15) is 5.82 Å². The molecule has 0 atom stereocenters. The van der Waals surface area contributed by atoms with Crippen LogP contribution in [0.25, 0.3) is 6.08 Å². The Balaban J connectivity index is 1.56. The number of alkyl halides is 3. The molecule has 0 radical (unpaired) electrons. The molecular weight excluding hydrogens is 478 g/mol. The number of hydrogen-bond donors (Lipinski definition) is 2. The van der Waals surface area contributed by atoms with E-state index in [0.29, 0.717) is 35.7 Å². The normalized spacial score (nSPS) is 13.6. The second-order valence-corrected chi connectivity index (χ2v) is 8.12. The second kappa shape index (κ2) is 10.3. The van der Waals surface area contributed by atoms with Crippen molar-refractivity contribution in [1.82, 2.24) is 10.2 Å². The summed E-state index contributed by atoms with van der Waals surface area (Å²) in [6, 6.07) is 5.43. The van der Waals surface area contributed by atoms with Gasteiger partial charge in [0.25, 0.3) is 0 Å². The Hall–Kier alpha value is -3.40. The summed E-state index contributed by atoms with van der Waals surface area (Å²) in [4.78, 5) is 37.2. The number of carbonyl (C=O) groups is 3. The monoisotopic (exact) mass is 497 g/mol. The van der Waals surface area contributed by atoms with Crippen LogP contribution in [0.5, 0.6) is 0 Å². The van der Waals surface area contributed by atoms with E-state index in [1.165, 1.54) is 4.90 Å². The Labute approximate surface area is 197 Å². The van der Waals surface area contributed by atoms with Gasteiger partial charge in [-0.05, 0) is 47.4 Å². The second-order valence-electron chi connectivity index (χ2n) is 7.71. The van der Waals surface area contributed by atoms with Crippen molar-refractivity contribution in [1.29, 1.82) is 0 Å². The van der Waals surface area contributed by atoms with Crippen LogP contribution < -0.4 is 11.1 Å². The first-order valence-corrected chi connectivity index (χ1v) is 10.5. The summed E-state index contributed by atoms with van der Waals surface area (Å²) < 4.78 is 51.7. The predicted molar refractivity (Wildman–Crippen MR) is 117 cm³/mol. The number of benzene rings is 2. The van der Waals surface area contributed by atoms with Gasteiger partial charge in [-0.1, -0.05) is 23.7 Å². The molecule has 0 saturated heterocycles. The highest BCUT2D eigenvalue weighted by molar-refractivity contribution is 6.31. The van der Waals surface area contributed by atoms with E-state index in [-0.39, 0.29) is 31.0 Å². The van der Waals surface area contributed by atoms with Gasteiger partial charge in [0.2, 0.25) is 17.7 Å². The van der Waals surface area contributed by atoms with Crippen molar-refractivity contribution in [2.24, 2.45) is 5.73 Å². The molecule has 1 heterocycles. The average Bonchev–Trinajstić information content (AvgIpc) is 2.75. The summed E-state index contributed by atoms with van der Waals surface area (Å²) in [5.41, 5.74) is 6.24. The van der Waals surface area contributed by atoms with E-state index in [2.05, 4.69) is 5.32 Å². The fourth-order valence-electron chi connectivity index (χ4n) is 3.53. The number of halogens is 5. The number of carbonyl (C=O) groups excluding carboxylic acids is 3. The minimum absolute atomic E-state index is 0.0611. The molecule has 2 aromatic rings. The van der Waals surface area contributed by atoms with Gasteiger partial charge >= 0.3 is 6.18 Å². The lowest BCUT2D eigenvalue weighted by Gasteiger charge is -2.30. The quantitative estimate of drug-likeness (QED) is 0.474. The van der Waals surface area contributed by atoms with E-state index in [1.807, 2.05) is 6.07 Å². The van der Waals surface area contributed by atoms with Crippen molar-refractivity contribution in [3.05, 3.63) is 75.1 Å². The number of fused-ring (bicyclic) bond motifs is 1. The standard InChI is InChI=1S/C23H20ClF4N3O3/c24-18-8-13(9-20(29)32)7-15-5-6-31(12-17(15)18)22(34)11-30-21(33)4-2-14-1-3-16(10-19(14)25)23(26,27)28/h1-4,7-8,10H,5-6,9,11-12H2,(H2,29,32)(H,30,33)/b4-2+. The molecule has 3 N–H and O–H groups in total. The molecule has 1 aliphatic rings. The largest absolute Gasteiger partial charge is 0.416 e. The lowest BCUT2D eigenvalue weighted by Crippen LogP contribution is -2.42. The summed E-state index contributed by atoms with van der Waals surface area (Å²) >= 11 is 6.31. The number of hydrogen-bond acceptors (Lipinski definition) is 3. The lowest BCUT2D eigenvalue weighted by atomic mass is 9.96. The molecule has 11 heteroatoms. The van der Waals surface area contributed by atoms with Crippen molar-refractivity contribution >= 4 is 35.4 Å². The zero-order chi connectivity index (χ0) is 25.0. The predicted octanol–water partition coefficient (Wildman–Crippen LogP) is 3.24. The van der Waals surface area contributed by atoms with Crippen LogP contribution in [0.1, 0.15) is 27.8 Å². The Morgan fingerprint density at radius 2 is 1.91 bits per heavy atom. The van der Waals surface area contributed by atoms with E-state index in [1.54, 1.807) is 6.07 Å². The minimum atomic E-state index is -4.67. The van der Waals surface area contributed by atoms with Gasteiger partial charge in [0, 0.05) is 29.8 Å². The molecule has 0 unspecified atom stereocenters. The molecule has 0 aromatic heterocycles. The van der Waals surface area contributed by atoms with Gasteiger partial charge in [0.05, 0.1) is 18.5 Å². The van der Waals surface area contributed by atoms with Crippen LogP contribution in [0.4, 0.5) is 17.6 Å². The molecule has 2 aromatic carbocycles. The molecule has 34 heavy (non-hydrogen) atoms. The molecule has 0 spiro atoms. The van der Waals surface area contributed by atoms with Gasteiger partial charge in [-0.3, -0.25) is 14.4 Å². The van der Waals surface area contributed by atoms with E-state index in [9.17, 15) is 31.9 Å². The fourth-order valence-corrected chi connectivity index (χ4v) is 3.86. The van der Waals surface area contributed by atoms with Crippen LogP contribution in [0.15, 0.2) is 36.4 Å². The number of amides is 3. The summed E-state index contributed by atoms with van der Waals surface area (Å²) in [5.74, 6) is -2.68. The van der Waals surface area contributed by atoms with Crippen LogP contribution in [0, 0.1) is 5.82 Å². The highest BCUT2D eigenvalue weighted by Gasteiger charge is 2.31. The van der Waals surface area contributed by atoms with Crippen molar-refractivity contribution in [2.45, 2.75) is 25.6 Å². The number of nitrogens with one attached hydrogen (secondary N) is 1. The highest BCUT2D eigenvalue weighted by atomic mass is 35.5. The molecule has 6 nitrogen and oxygen atoms in total. The van der Waals surface area contributed by atoms with Crippen LogP contribution in [-0.4, -0.2) is 35.7 Å². The number of primary amides is 1. The summed E-state index contributed by atoms with van der Waals surface area (Å²) in [7, 11) is 0. The third-order valence-corrected chi connectivity index (χ3v) is 5.57. The lowest BCUT2D eigenvalue weighted by molar-refractivity contribution is -0.137. The van der Waals surface area contributed by atoms with Crippen LogP contribution in [0.2, 0.25) is 5.02 Å². The maximum atomic E-state index is 13.9. The van der Waals surface area contributed by atoms with Crippen molar-refractivity contribution in [3.8, 4) is 0 Å². The smallest absolute Gasteiger partial charge is 0.369 e. The number of nitrogens with zero attached hydrogens (tertiary/aromatic N) is 1. The van der Waals surface area contributed by atoms with Gasteiger partial charge in [-0.15, -0.1) is 0 Å². The van der Waals surface area contributed by atoms with Gasteiger partial charge < -0.3 is 16.0 Å². The first kappa shape index (κ1) is 25.2. The Morgan fingerprint density at radius 3 is 2.56 bits per heavy atom. The van der Waals surface area contributed by atoms with Crippen LogP contribution in [0.3, 0.4) is 0 Å². The number of nitrogens with two attached hydrogens (primary N) is 1. The Bertz CT molecular complexity index is 1160. The van der Waals surface area contributed by atoms with E-state index in [4.69, 9.17) is 17.3 Å². The molecule has 0 fully saturated rings. The molecule has 0 aliphatic carbocycles. The summed E-state index contributed by atoms with van der Waals surface area (Å²) in [5, 5.41) is 2.78. The zero-order valence-corrected chi connectivity index (χ0v) is 18.5. The molecular formula is C23H20ClF4N3O3. The van der Waals surface area contributed by atoms with Crippen molar-refractivity contribution in [2.75, 3.05) is 13.1 Å². The highest BCUT2D eigenvalue weighted by Crippen LogP contribution is 2.30. The maximum absolute atomic E-state index is 13.9. The summed E-state index contributed by atoms with van der Waals surface area (Å²) in [6.07, 6.45) is -2.15. The Kier molecular flexibility index (Phi) is 7.61. The third kappa shape index (κ3) is 6.34. The minimum Gasteiger partial charge on any atom is -0.369 e. The van der Waals surface area contributed by atoms with E-state index >= 15 is 0 Å². The number of rotatable bonds is 6. The first-order valence-electron chi connectivity index (χ1n) is 10.1. The molecule has 1 aliphatic heterocycles. The molecule has 0 bridgehead atoms. The molecule has 3 rings (SSSR count). The van der Waals surface area contributed by atoms with Crippen LogP contribution in [-0.2, 0) is 39.9 Å². The molecule has 3 amide bonds. The molecule has 0 saturated carbocycles. The zero-order valence-electron chi connectivity index (χ0n) is 17.7. The first-order chi connectivity index (χ1) is 15.9. The average molecular weight is 498 g/mol. The third-order valence-electron chi connectivity index (χ3n) is 5.23. The van der Waals surface area contributed by atoms with Gasteiger partial charge in [-0.25, -0.2) is 4.39 Å². The van der Waals surface area contributed by atoms with E-state index < -0.39 is 29.4 Å². The van der Waals surface area contributed by atoms with Gasteiger partial charge in [-0.2, -0.15) is 13.2 Å². The molecule has 180 valence electrons. The van der Waals surface area contributed by atoms with Gasteiger partial charge in [0.15, 0.2) is 0 Å². The fraction of sp³-hybridized carbons (Fsp3) is 0.261. The van der Waals surface area contributed by atoms with Crippen LogP contribution >= 0.6 is 11.6 Å².